The molecule has 6 aromatic carbocycles. The van der Waals surface area contributed by atoms with Crippen LogP contribution in [0, 0.1) is 0 Å². The fraction of sp³-hybridized carbons (Fsp3) is 0.103. The van der Waals surface area contributed by atoms with E-state index in [1.165, 1.54) is 50.2 Å². The van der Waals surface area contributed by atoms with Crippen molar-refractivity contribution in [3.8, 4) is 0 Å². The molecule has 2 heteroatoms. The lowest BCUT2D eigenvalue weighted by Crippen LogP contribution is -2.31. The summed E-state index contributed by atoms with van der Waals surface area (Å²) in [7, 11) is 0. The molecule has 0 spiro atoms. The standard InChI is InChI=1S/C58H50N2/c1-7-19-45(20-8-1)43-58(49-25-13-4-14-26-49)50-33-37-54(38-34-50)60(56-41-39-55(40-42-56)59(51-27-15-5-16-28-51)52-29-17-6-18-30-52)53-35-31-46(32-36-53)44-57(47-21-9-2-10-22-47)48-23-11-3-12-24-48/h1-2,5-11,13,15-41,43-44,56H,3-4,12,14,42H2/b57-44+,58-43-. The minimum absolute atomic E-state index is 0.107. The second-order valence-corrected chi connectivity index (χ2v) is 15.5. The molecule has 2 nitrogen and oxygen atoms in total. The Morgan fingerprint density at radius 2 is 0.883 bits per heavy atom. The van der Waals surface area contributed by atoms with E-state index in [1.54, 1.807) is 0 Å². The zero-order valence-corrected chi connectivity index (χ0v) is 34.0. The Labute approximate surface area is 356 Å². The van der Waals surface area contributed by atoms with Crippen molar-refractivity contribution >= 4 is 46.0 Å². The summed E-state index contributed by atoms with van der Waals surface area (Å²) in [6.07, 6.45) is 30.8. The molecule has 0 saturated heterocycles. The quantitative estimate of drug-likeness (QED) is 0.114. The number of anilines is 4. The molecule has 3 aliphatic rings. The lowest BCUT2D eigenvalue weighted by molar-refractivity contribution is 0.776. The summed E-state index contributed by atoms with van der Waals surface area (Å²) in [5.74, 6) is 0. The normalized spacial score (nSPS) is 16.5. The number of hydrogen-bond acceptors (Lipinski definition) is 2. The fourth-order valence-corrected chi connectivity index (χ4v) is 8.41. The summed E-state index contributed by atoms with van der Waals surface area (Å²) < 4.78 is 0. The van der Waals surface area contributed by atoms with Crippen molar-refractivity contribution in [1.82, 2.24) is 0 Å². The Morgan fingerprint density at radius 3 is 1.37 bits per heavy atom. The van der Waals surface area contributed by atoms with E-state index < -0.39 is 0 Å². The van der Waals surface area contributed by atoms with Gasteiger partial charge in [-0.1, -0.05) is 170 Å². The van der Waals surface area contributed by atoms with Gasteiger partial charge < -0.3 is 9.80 Å². The molecule has 0 N–H and O–H groups in total. The van der Waals surface area contributed by atoms with Gasteiger partial charge in [0.15, 0.2) is 0 Å². The summed E-state index contributed by atoms with van der Waals surface area (Å²) >= 11 is 0. The van der Waals surface area contributed by atoms with E-state index in [9.17, 15) is 0 Å². The van der Waals surface area contributed by atoms with Crippen LogP contribution in [0.25, 0.3) is 23.3 Å². The Kier molecular flexibility index (Phi) is 11.9. The minimum Gasteiger partial charge on any atom is -0.334 e. The van der Waals surface area contributed by atoms with Gasteiger partial charge >= 0.3 is 0 Å². The van der Waals surface area contributed by atoms with Crippen LogP contribution in [0.5, 0.6) is 0 Å². The second-order valence-electron chi connectivity index (χ2n) is 15.5. The maximum atomic E-state index is 2.50. The van der Waals surface area contributed by atoms with Crippen molar-refractivity contribution in [3.05, 3.63) is 264 Å². The van der Waals surface area contributed by atoms with E-state index in [0.717, 1.165) is 54.9 Å². The molecule has 1 unspecified atom stereocenters. The van der Waals surface area contributed by atoms with Crippen LogP contribution >= 0.6 is 0 Å². The average Bonchev–Trinajstić information content (AvgIpc) is 3.33. The van der Waals surface area contributed by atoms with Gasteiger partial charge in [0.25, 0.3) is 0 Å². The van der Waals surface area contributed by atoms with Crippen LogP contribution in [-0.2, 0) is 0 Å². The number of benzene rings is 6. The van der Waals surface area contributed by atoms with E-state index in [-0.39, 0.29) is 6.04 Å². The molecule has 0 heterocycles. The van der Waals surface area contributed by atoms with E-state index in [1.807, 2.05) is 0 Å². The third-order valence-corrected chi connectivity index (χ3v) is 11.4. The SMILES string of the molecule is C1=CC(/C(=C/c2ccc(N(c3ccc(/C(=C\c4ccccc4)C4=CCCC=C4)cc3)C3C=CC(N(c4ccccc4)c4ccccc4)=CC3)cc2)c2ccccc2)=CCC1. The number of rotatable bonds is 12. The first-order valence-electron chi connectivity index (χ1n) is 21.3. The molecule has 60 heavy (non-hydrogen) atoms. The first kappa shape index (κ1) is 38.4. The van der Waals surface area contributed by atoms with Gasteiger partial charge in [0, 0.05) is 28.4 Å². The predicted molar refractivity (Wildman–Crippen MR) is 257 cm³/mol. The molecule has 0 bridgehead atoms. The van der Waals surface area contributed by atoms with Crippen LogP contribution in [0.4, 0.5) is 22.7 Å². The minimum atomic E-state index is 0.107. The summed E-state index contributed by atoms with van der Waals surface area (Å²) in [5.41, 5.74) is 15.7. The molecule has 1 atom stereocenters. The van der Waals surface area contributed by atoms with E-state index >= 15 is 0 Å². The van der Waals surface area contributed by atoms with Crippen molar-refractivity contribution in [2.24, 2.45) is 0 Å². The van der Waals surface area contributed by atoms with E-state index in [0.29, 0.717) is 0 Å². The molecular weight excluding hydrogens is 725 g/mol. The third kappa shape index (κ3) is 8.94. The lowest BCUT2D eigenvalue weighted by Gasteiger charge is -2.35. The monoisotopic (exact) mass is 774 g/mol. The number of allylic oxidation sites excluding steroid dienone is 11. The summed E-state index contributed by atoms with van der Waals surface area (Å²) in [6.45, 7) is 0. The Bertz CT molecular complexity index is 2580. The second kappa shape index (κ2) is 18.6. The van der Waals surface area contributed by atoms with Gasteiger partial charge in [-0.25, -0.2) is 0 Å². The molecule has 0 fully saturated rings. The van der Waals surface area contributed by atoms with Crippen LogP contribution in [0.1, 0.15) is 54.4 Å². The first-order valence-corrected chi connectivity index (χ1v) is 21.3. The van der Waals surface area contributed by atoms with Crippen LogP contribution in [-0.4, -0.2) is 6.04 Å². The highest BCUT2D eigenvalue weighted by Crippen LogP contribution is 2.38. The lowest BCUT2D eigenvalue weighted by atomic mass is 9.91. The molecule has 6 aromatic rings. The Balaban J connectivity index is 1.08. The van der Waals surface area contributed by atoms with Gasteiger partial charge in [0.05, 0.1) is 6.04 Å². The topological polar surface area (TPSA) is 6.48 Å². The molecular formula is C58H50N2. The number of para-hydroxylation sites is 2. The average molecular weight is 775 g/mol. The van der Waals surface area contributed by atoms with Gasteiger partial charge in [-0.15, -0.1) is 0 Å². The van der Waals surface area contributed by atoms with Crippen molar-refractivity contribution < 1.29 is 0 Å². The predicted octanol–water partition coefficient (Wildman–Crippen LogP) is 15.5. The van der Waals surface area contributed by atoms with Crippen LogP contribution in [0.2, 0.25) is 0 Å². The molecule has 0 radical (unpaired) electrons. The highest BCUT2D eigenvalue weighted by Gasteiger charge is 2.23. The van der Waals surface area contributed by atoms with Crippen LogP contribution < -0.4 is 9.80 Å². The molecule has 292 valence electrons. The van der Waals surface area contributed by atoms with Crippen molar-refractivity contribution in [3.63, 3.8) is 0 Å². The fourth-order valence-electron chi connectivity index (χ4n) is 8.41. The van der Waals surface area contributed by atoms with Gasteiger partial charge in [-0.2, -0.15) is 0 Å². The van der Waals surface area contributed by atoms with Crippen LogP contribution in [0.3, 0.4) is 0 Å². The molecule has 0 aromatic heterocycles. The third-order valence-electron chi connectivity index (χ3n) is 11.4. The molecule has 9 rings (SSSR count). The number of hydrogen-bond donors (Lipinski definition) is 0. The van der Waals surface area contributed by atoms with Crippen molar-refractivity contribution in [2.45, 2.75) is 38.1 Å². The van der Waals surface area contributed by atoms with Gasteiger partial charge in [-0.3, -0.25) is 0 Å². The zero-order valence-electron chi connectivity index (χ0n) is 34.0. The van der Waals surface area contributed by atoms with Gasteiger partial charge in [-0.05, 0) is 143 Å². The molecule has 0 amide bonds. The first-order chi connectivity index (χ1) is 29.8. The van der Waals surface area contributed by atoms with E-state index in [4.69, 9.17) is 0 Å². The number of nitrogens with zero attached hydrogens (tertiary/aromatic N) is 2. The Morgan fingerprint density at radius 1 is 0.417 bits per heavy atom. The van der Waals surface area contributed by atoms with Gasteiger partial charge in [0.1, 0.15) is 0 Å². The maximum Gasteiger partial charge on any atom is 0.0561 e. The zero-order chi connectivity index (χ0) is 40.4. The van der Waals surface area contributed by atoms with Crippen molar-refractivity contribution in [1.29, 1.82) is 0 Å². The van der Waals surface area contributed by atoms with Crippen molar-refractivity contribution in [2.75, 3.05) is 9.80 Å². The molecule has 0 aliphatic heterocycles. The molecule has 3 aliphatic carbocycles. The smallest absolute Gasteiger partial charge is 0.0561 e. The maximum absolute atomic E-state index is 2.50. The van der Waals surface area contributed by atoms with Gasteiger partial charge in [0.2, 0.25) is 0 Å². The highest BCUT2D eigenvalue weighted by atomic mass is 15.2. The summed E-state index contributed by atoms with van der Waals surface area (Å²) in [6, 6.07) is 61.2. The van der Waals surface area contributed by atoms with Crippen LogP contribution in [0.15, 0.2) is 241 Å². The summed E-state index contributed by atoms with van der Waals surface area (Å²) in [5, 5.41) is 0. The largest absolute Gasteiger partial charge is 0.334 e. The summed E-state index contributed by atoms with van der Waals surface area (Å²) in [4.78, 5) is 4.85. The highest BCUT2D eigenvalue weighted by molar-refractivity contribution is 5.94. The van der Waals surface area contributed by atoms with E-state index in [2.05, 4.69) is 246 Å². The Hall–Kier alpha value is -7.16. The molecule has 0 saturated carbocycles.